The number of carbonyl (C=O) groups excluding carboxylic acids is 2. The van der Waals surface area contributed by atoms with Gasteiger partial charge in [-0.3, -0.25) is 13.9 Å². The summed E-state index contributed by atoms with van der Waals surface area (Å²) < 4.78 is 26.7. The maximum Gasteiger partial charge on any atom is 0.244 e. The average molecular weight is 482 g/mol. The standard InChI is InChI=1S/C26H31N3O4S/c1-4-27-26(31)20(2)28(18-17-21-11-6-5-7-12-21)25(30)19-29(34(3,32)33)24-16-10-14-22-13-8-9-15-23(22)24/h5-16,20H,4,17-19H2,1-3H3,(H,27,31)/t20-/m1/s1. The number of fused-ring (bicyclic) bond motifs is 1. The van der Waals surface area contributed by atoms with Gasteiger partial charge in [0.25, 0.3) is 0 Å². The smallest absolute Gasteiger partial charge is 0.244 e. The van der Waals surface area contributed by atoms with E-state index in [1.54, 1.807) is 19.1 Å². The zero-order valence-electron chi connectivity index (χ0n) is 19.8. The van der Waals surface area contributed by atoms with E-state index in [4.69, 9.17) is 0 Å². The molecule has 0 spiro atoms. The first-order chi connectivity index (χ1) is 16.2. The Hall–Kier alpha value is -3.39. The summed E-state index contributed by atoms with van der Waals surface area (Å²) in [4.78, 5) is 27.6. The third-order valence-electron chi connectivity index (χ3n) is 5.72. The highest BCUT2D eigenvalue weighted by Gasteiger charge is 2.30. The van der Waals surface area contributed by atoms with Gasteiger partial charge in [0.15, 0.2) is 0 Å². The molecule has 180 valence electrons. The van der Waals surface area contributed by atoms with Crippen molar-refractivity contribution in [2.45, 2.75) is 26.3 Å². The van der Waals surface area contributed by atoms with E-state index < -0.39 is 28.5 Å². The van der Waals surface area contributed by atoms with E-state index in [2.05, 4.69) is 5.32 Å². The molecule has 7 nitrogen and oxygen atoms in total. The van der Waals surface area contributed by atoms with Crippen LogP contribution in [0.5, 0.6) is 0 Å². The first-order valence-electron chi connectivity index (χ1n) is 11.3. The largest absolute Gasteiger partial charge is 0.355 e. The van der Waals surface area contributed by atoms with Gasteiger partial charge in [0.05, 0.1) is 11.9 Å². The van der Waals surface area contributed by atoms with Crippen molar-refractivity contribution in [2.75, 3.05) is 30.2 Å². The van der Waals surface area contributed by atoms with Crippen LogP contribution in [0.1, 0.15) is 19.4 Å². The molecule has 1 atom stereocenters. The summed E-state index contributed by atoms with van der Waals surface area (Å²) in [5.74, 6) is -0.715. The molecule has 0 aliphatic carbocycles. The topological polar surface area (TPSA) is 86.8 Å². The van der Waals surface area contributed by atoms with Gasteiger partial charge < -0.3 is 10.2 Å². The summed E-state index contributed by atoms with van der Waals surface area (Å²) in [6, 6.07) is 21.7. The zero-order valence-corrected chi connectivity index (χ0v) is 20.6. The van der Waals surface area contributed by atoms with Gasteiger partial charge in [-0.05, 0) is 37.3 Å². The van der Waals surface area contributed by atoms with Crippen molar-refractivity contribution in [1.29, 1.82) is 0 Å². The number of hydrogen-bond acceptors (Lipinski definition) is 4. The molecule has 0 saturated carbocycles. The molecule has 0 heterocycles. The van der Waals surface area contributed by atoms with Gasteiger partial charge in [0, 0.05) is 18.5 Å². The number of rotatable bonds is 10. The van der Waals surface area contributed by atoms with Gasteiger partial charge in [-0.15, -0.1) is 0 Å². The minimum atomic E-state index is -3.78. The minimum absolute atomic E-state index is 0.278. The Morgan fingerprint density at radius 2 is 1.59 bits per heavy atom. The fourth-order valence-corrected chi connectivity index (χ4v) is 4.77. The molecule has 0 fully saturated rings. The molecule has 0 saturated heterocycles. The quantitative estimate of drug-likeness (QED) is 0.482. The molecule has 0 aromatic heterocycles. The Balaban J connectivity index is 1.93. The number of nitrogens with one attached hydrogen (secondary N) is 1. The highest BCUT2D eigenvalue weighted by molar-refractivity contribution is 7.92. The number of benzene rings is 3. The third kappa shape index (κ3) is 6.14. The van der Waals surface area contributed by atoms with Crippen LogP contribution in [-0.4, -0.2) is 57.1 Å². The molecule has 8 heteroatoms. The van der Waals surface area contributed by atoms with Crippen LogP contribution in [0.3, 0.4) is 0 Å². The lowest BCUT2D eigenvalue weighted by atomic mass is 10.1. The van der Waals surface area contributed by atoms with Crippen LogP contribution in [0.25, 0.3) is 10.8 Å². The summed E-state index contributed by atoms with van der Waals surface area (Å²) in [6.45, 7) is 3.80. The Morgan fingerprint density at radius 1 is 0.941 bits per heavy atom. The number of amides is 2. The van der Waals surface area contributed by atoms with Crippen molar-refractivity contribution < 1.29 is 18.0 Å². The van der Waals surface area contributed by atoms with Crippen LogP contribution in [-0.2, 0) is 26.0 Å². The van der Waals surface area contributed by atoms with Crippen LogP contribution in [0, 0.1) is 0 Å². The zero-order chi connectivity index (χ0) is 24.7. The second-order valence-corrected chi connectivity index (χ2v) is 10.1. The number of hydrogen-bond donors (Lipinski definition) is 1. The van der Waals surface area contributed by atoms with Gasteiger partial charge in [-0.1, -0.05) is 66.7 Å². The van der Waals surface area contributed by atoms with Gasteiger partial charge in [-0.25, -0.2) is 8.42 Å². The SMILES string of the molecule is CCNC(=O)[C@@H](C)N(CCc1ccccc1)C(=O)CN(c1cccc2ccccc12)S(C)(=O)=O. The Labute approximate surface area is 201 Å². The molecule has 0 aliphatic heterocycles. The summed E-state index contributed by atoms with van der Waals surface area (Å²) in [5, 5.41) is 4.36. The van der Waals surface area contributed by atoms with Crippen molar-refractivity contribution in [2.24, 2.45) is 0 Å². The lowest BCUT2D eigenvalue weighted by Crippen LogP contribution is -2.52. The van der Waals surface area contributed by atoms with Crippen molar-refractivity contribution in [3.8, 4) is 0 Å². The summed E-state index contributed by atoms with van der Waals surface area (Å²) in [6.07, 6.45) is 1.63. The van der Waals surface area contributed by atoms with E-state index in [9.17, 15) is 18.0 Å². The molecule has 3 aromatic rings. The summed E-state index contributed by atoms with van der Waals surface area (Å²) in [5.41, 5.74) is 1.46. The monoisotopic (exact) mass is 481 g/mol. The summed E-state index contributed by atoms with van der Waals surface area (Å²) >= 11 is 0. The first-order valence-corrected chi connectivity index (χ1v) is 13.1. The highest BCUT2D eigenvalue weighted by atomic mass is 32.2. The van der Waals surface area contributed by atoms with Crippen LogP contribution in [0.4, 0.5) is 5.69 Å². The lowest BCUT2D eigenvalue weighted by molar-refractivity contribution is -0.138. The van der Waals surface area contributed by atoms with Crippen molar-refractivity contribution in [1.82, 2.24) is 10.2 Å². The minimum Gasteiger partial charge on any atom is -0.355 e. The molecular weight excluding hydrogens is 450 g/mol. The van der Waals surface area contributed by atoms with Crippen molar-refractivity contribution >= 4 is 38.3 Å². The van der Waals surface area contributed by atoms with Gasteiger partial charge in [0.2, 0.25) is 21.8 Å². The Bertz CT molecular complexity index is 1240. The molecule has 2 amide bonds. The number of likely N-dealkylation sites (N-methyl/N-ethyl adjacent to an activating group) is 1. The fraction of sp³-hybridized carbons (Fsp3) is 0.308. The predicted octanol–water partition coefficient (Wildman–Crippen LogP) is 3.20. The third-order valence-corrected chi connectivity index (χ3v) is 6.84. The van der Waals surface area contributed by atoms with Crippen molar-refractivity contribution in [3.05, 3.63) is 78.4 Å². The van der Waals surface area contributed by atoms with E-state index in [1.807, 2.05) is 67.6 Å². The maximum atomic E-state index is 13.5. The number of nitrogens with zero attached hydrogens (tertiary/aromatic N) is 2. The van der Waals surface area contributed by atoms with Crippen LogP contribution in [0.15, 0.2) is 72.8 Å². The molecule has 1 N–H and O–H groups in total. The normalized spacial score (nSPS) is 12.2. The fourth-order valence-electron chi connectivity index (χ4n) is 3.91. The van der Waals surface area contributed by atoms with E-state index in [1.165, 1.54) is 4.90 Å². The molecule has 0 radical (unpaired) electrons. The van der Waals surface area contributed by atoms with Gasteiger partial charge >= 0.3 is 0 Å². The molecule has 3 aromatic carbocycles. The van der Waals surface area contributed by atoms with E-state index in [0.717, 1.165) is 26.9 Å². The number of sulfonamides is 1. The van der Waals surface area contributed by atoms with E-state index in [0.29, 0.717) is 18.7 Å². The molecule has 3 rings (SSSR count). The highest BCUT2D eigenvalue weighted by Crippen LogP contribution is 2.28. The predicted molar refractivity (Wildman–Crippen MR) is 136 cm³/mol. The molecule has 34 heavy (non-hydrogen) atoms. The van der Waals surface area contributed by atoms with E-state index in [-0.39, 0.29) is 12.5 Å². The first kappa shape index (κ1) is 25.2. The van der Waals surface area contributed by atoms with Gasteiger partial charge in [0.1, 0.15) is 12.6 Å². The average Bonchev–Trinajstić information content (AvgIpc) is 2.82. The molecule has 0 aliphatic rings. The van der Waals surface area contributed by atoms with Crippen LogP contribution >= 0.6 is 0 Å². The van der Waals surface area contributed by atoms with Crippen LogP contribution in [0.2, 0.25) is 0 Å². The molecule has 0 unspecified atom stereocenters. The number of anilines is 1. The lowest BCUT2D eigenvalue weighted by Gasteiger charge is -2.31. The Morgan fingerprint density at radius 3 is 2.26 bits per heavy atom. The molecule has 0 bridgehead atoms. The molecular formula is C26H31N3O4S. The second-order valence-electron chi connectivity index (χ2n) is 8.16. The van der Waals surface area contributed by atoms with E-state index >= 15 is 0 Å². The summed E-state index contributed by atoms with van der Waals surface area (Å²) in [7, 11) is -3.78. The second kappa shape index (κ2) is 11.2. The van der Waals surface area contributed by atoms with Gasteiger partial charge in [-0.2, -0.15) is 0 Å². The Kier molecular flexibility index (Phi) is 8.28. The maximum absolute atomic E-state index is 13.5. The van der Waals surface area contributed by atoms with Crippen LogP contribution < -0.4 is 9.62 Å². The van der Waals surface area contributed by atoms with Crippen molar-refractivity contribution in [3.63, 3.8) is 0 Å². The number of carbonyl (C=O) groups is 2.